The molecule has 1 aliphatic rings. The summed E-state index contributed by atoms with van der Waals surface area (Å²) in [5.74, 6) is -1.47. The summed E-state index contributed by atoms with van der Waals surface area (Å²) >= 11 is 9.93. The lowest BCUT2D eigenvalue weighted by Gasteiger charge is -2.59. The second-order valence-corrected chi connectivity index (χ2v) is 8.55. The summed E-state index contributed by atoms with van der Waals surface area (Å²) in [7, 11) is -8.19. The van der Waals surface area contributed by atoms with Crippen molar-refractivity contribution < 1.29 is 15.5 Å². The maximum Gasteiger partial charge on any atom is 0.226 e. The van der Waals surface area contributed by atoms with Crippen molar-refractivity contribution in [3.8, 4) is 0 Å². The summed E-state index contributed by atoms with van der Waals surface area (Å²) in [5, 5.41) is 0. The second kappa shape index (κ2) is 2.01. The van der Waals surface area contributed by atoms with Crippen molar-refractivity contribution in [2.24, 2.45) is 0 Å². The fourth-order valence-electron chi connectivity index (χ4n) is 1.10. The third-order valence-corrected chi connectivity index (χ3v) is 7.01. The van der Waals surface area contributed by atoms with Crippen LogP contribution in [0.15, 0.2) is 0 Å². The van der Waals surface area contributed by atoms with Gasteiger partial charge < -0.3 is 0 Å². The highest BCUT2D eigenvalue weighted by molar-refractivity contribution is 8.52. The van der Waals surface area contributed by atoms with Crippen LogP contribution >= 0.6 is 33.0 Å². The first-order chi connectivity index (χ1) is 4.98. The molecule has 0 aromatic rings. The summed E-state index contributed by atoms with van der Waals surface area (Å²) < 4.78 is 48.4. The first-order valence-corrected chi connectivity index (χ1v) is 6.32. The van der Waals surface area contributed by atoms with E-state index in [0.29, 0.717) is 0 Å². The van der Waals surface area contributed by atoms with Crippen LogP contribution in [0.2, 0.25) is 0 Å². The van der Waals surface area contributed by atoms with Crippen LogP contribution in [-0.2, 0) is 0 Å². The van der Waals surface area contributed by atoms with Gasteiger partial charge in [-0.1, -0.05) is 23.2 Å². The molecule has 0 saturated carbocycles. The van der Waals surface area contributed by atoms with E-state index in [9.17, 15) is 15.5 Å². The molecule has 0 nitrogen and oxygen atoms in total. The lowest BCUT2D eigenvalue weighted by Crippen LogP contribution is -2.40. The van der Waals surface area contributed by atoms with E-state index in [0.717, 1.165) is 0 Å². The predicted molar refractivity (Wildman–Crippen MR) is 45.2 cm³/mol. The van der Waals surface area contributed by atoms with Gasteiger partial charge in [0.1, 0.15) is 0 Å². The Balaban J connectivity index is 3.19. The van der Waals surface area contributed by atoms with Crippen LogP contribution in [0.25, 0.3) is 0 Å². The number of hydrogen-bond acceptors (Lipinski definition) is 0. The van der Waals surface area contributed by atoms with E-state index >= 15 is 0 Å². The van der Waals surface area contributed by atoms with Gasteiger partial charge in [-0.25, -0.2) is 0 Å². The molecular formula is C5H8Cl2F4S. The van der Waals surface area contributed by atoms with Gasteiger partial charge in [-0.2, -0.15) is 0 Å². The molecule has 0 amide bonds. The van der Waals surface area contributed by atoms with Gasteiger partial charge in [0, 0.05) is 0 Å². The lowest BCUT2D eigenvalue weighted by atomic mass is 10.3. The monoisotopic (exact) mass is 246 g/mol. The maximum absolute atomic E-state index is 12.9. The average Bonchev–Trinajstić information content (AvgIpc) is 1.75. The van der Waals surface area contributed by atoms with Crippen molar-refractivity contribution in [1.29, 1.82) is 0 Å². The molecule has 0 aromatic carbocycles. The van der Waals surface area contributed by atoms with E-state index in [2.05, 4.69) is 0 Å². The quantitative estimate of drug-likeness (QED) is 0.429. The van der Waals surface area contributed by atoms with Gasteiger partial charge in [0.25, 0.3) is 0 Å². The van der Waals surface area contributed by atoms with Gasteiger partial charge in [0.15, 0.2) is 9.84 Å². The Kier molecular flexibility index (Phi) is 1.80. The summed E-state index contributed by atoms with van der Waals surface area (Å²) in [6, 6.07) is 0. The van der Waals surface area contributed by atoms with Crippen molar-refractivity contribution in [1.82, 2.24) is 0 Å². The largest absolute Gasteiger partial charge is 0.226 e. The first-order valence-electron chi connectivity index (χ1n) is 3.34. The molecule has 0 atom stereocenters. The van der Waals surface area contributed by atoms with Gasteiger partial charge in [-0.15, -0.1) is 15.5 Å². The van der Waals surface area contributed by atoms with E-state index in [-0.39, 0.29) is 12.8 Å². The third-order valence-electron chi connectivity index (χ3n) is 1.94. The van der Waals surface area contributed by atoms with Crippen molar-refractivity contribution in [2.45, 2.75) is 22.9 Å². The van der Waals surface area contributed by atoms with Crippen molar-refractivity contribution in [3.05, 3.63) is 0 Å². The van der Waals surface area contributed by atoms with Crippen LogP contribution in [0.3, 0.4) is 0 Å². The molecule has 1 saturated heterocycles. The zero-order chi connectivity index (χ0) is 9.74. The highest BCUT2D eigenvalue weighted by Crippen LogP contribution is 3.05. The van der Waals surface area contributed by atoms with E-state index in [1.165, 1.54) is 0 Å². The van der Waals surface area contributed by atoms with E-state index in [4.69, 9.17) is 23.2 Å². The zero-order valence-corrected chi connectivity index (χ0v) is 8.33. The molecule has 0 aromatic heterocycles. The predicted octanol–water partition coefficient (Wildman–Crippen LogP) is 4.72. The van der Waals surface area contributed by atoms with Crippen LogP contribution in [-0.4, -0.2) is 9.42 Å². The Labute approximate surface area is 77.6 Å². The van der Waals surface area contributed by atoms with Gasteiger partial charge in [0.2, 0.25) is 3.67 Å². The molecule has 7 heteroatoms. The normalized spacial score (nSPS) is 41.5. The molecule has 1 rings (SSSR count). The summed E-state index contributed by atoms with van der Waals surface area (Å²) in [6.07, 6.45) is -0.547. The van der Waals surface area contributed by atoms with Crippen molar-refractivity contribution >= 4 is 33.0 Å². The van der Waals surface area contributed by atoms with Crippen molar-refractivity contribution in [2.75, 3.05) is 5.75 Å². The number of hydrogen-bond donors (Lipinski definition) is 0. The minimum Gasteiger partial charge on any atom is -0.122 e. The molecule has 0 N–H and O–H groups in total. The number of rotatable bonds is 0. The summed E-state index contributed by atoms with van der Waals surface area (Å²) in [6.45, 7) is 0. The zero-order valence-electron chi connectivity index (χ0n) is 6.00. The number of halogens is 6. The second-order valence-electron chi connectivity index (χ2n) is 3.04. The highest BCUT2D eigenvalue weighted by Gasteiger charge is 2.77. The van der Waals surface area contributed by atoms with Gasteiger partial charge in [-0.3, -0.25) is 0 Å². The van der Waals surface area contributed by atoms with E-state index < -0.39 is 25.7 Å². The average molecular weight is 247 g/mol. The van der Waals surface area contributed by atoms with Gasteiger partial charge >= 0.3 is 0 Å². The third kappa shape index (κ3) is 1.40. The molecule has 12 heavy (non-hydrogen) atoms. The minimum atomic E-state index is -8.19. The molecule has 1 heterocycles. The molecule has 1 aliphatic heterocycles. The lowest BCUT2D eigenvalue weighted by molar-refractivity contribution is 0.400. The van der Waals surface area contributed by atoms with E-state index in [1.807, 2.05) is 0 Å². The summed E-state index contributed by atoms with van der Waals surface area (Å²) in [4.78, 5) is 0. The topological polar surface area (TPSA) is 0 Å². The first kappa shape index (κ1) is 10.7. The van der Waals surface area contributed by atoms with Crippen LogP contribution in [0, 0.1) is 0 Å². The smallest absolute Gasteiger partial charge is 0.122 e. The van der Waals surface area contributed by atoms with Crippen LogP contribution in [0.5, 0.6) is 0 Å². The van der Waals surface area contributed by atoms with Gasteiger partial charge in [0.05, 0.1) is 5.75 Å². The van der Waals surface area contributed by atoms with Crippen LogP contribution in [0.4, 0.5) is 15.5 Å². The minimum absolute atomic E-state index is 0.217. The Morgan fingerprint density at radius 1 is 1.00 bits per heavy atom. The SMILES string of the molecule is FS1(F)(F)(F)CCCCC1(Cl)Cl. The van der Waals surface area contributed by atoms with Crippen LogP contribution in [0.1, 0.15) is 19.3 Å². The molecule has 76 valence electrons. The standard InChI is InChI=1S/C5H8Cl2F4S/c6-5(7)3-1-2-4-12(5,8,9,10)11/h1-4H2. The molecule has 0 aliphatic carbocycles. The Bertz CT molecular complexity index is 218. The van der Waals surface area contributed by atoms with Crippen LogP contribution < -0.4 is 0 Å². The fourth-order valence-corrected chi connectivity index (χ4v) is 3.51. The molecule has 1 fully saturated rings. The molecule has 0 radical (unpaired) electrons. The Morgan fingerprint density at radius 3 is 1.75 bits per heavy atom. The van der Waals surface area contributed by atoms with Gasteiger partial charge in [-0.05, 0) is 19.3 Å². The molecular weight excluding hydrogens is 239 g/mol. The maximum atomic E-state index is 12.9. The fraction of sp³-hybridized carbons (Fsp3) is 1.00. The highest BCUT2D eigenvalue weighted by atomic mass is 35.5. The Hall–Kier alpha value is 0.650. The van der Waals surface area contributed by atoms with Crippen molar-refractivity contribution in [3.63, 3.8) is 0 Å². The Morgan fingerprint density at radius 2 is 1.50 bits per heavy atom. The number of alkyl halides is 2. The molecule has 0 unspecified atom stereocenters. The molecule has 0 bridgehead atoms. The molecule has 0 spiro atoms. The summed E-state index contributed by atoms with van der Waals surface area (Å²) in [5.41, 5.74) is 0. The van der Waals surface area contributed by atoms with E-state index in [1.54, 1.807) is 0 Å².